The van der Waals surface area contributed by atoms with Gasteiger partial charge in [0.25, 0.3) is 0 Å². The third-order valence-corrected chi connectivity index (χ3v) is 8.05. The maximum Gasteiger partial charge on any atom is 0.131 e. The summed E-state index contributed by atoms with van der Waals surface area (Å²) in [5, 5.41) is 0. The summed E-state index contributed by atoms with van der Waals surface area (Å²) in [7, 11) is 0. The second kappa shape index (κ2) is 4.72. The normalized spacial score (nSPS) is 40.9. The molecule has 0 N–H and O–H groups in total. The van der Waals surface area contributed by atoms with Crippen LogP contribution in [0.3, 0.4) is 0 Å². The highest BCUT2D eigenvalue weighted by Crippen LogP contribution is 2.68. The Morgan fingerprint density at radius 1 is 0.960 bits per heavy atom. The fourth-order valence-electron chi connectivity index (χ4n) is 7.52. The lowest BCUT2D eigenvalue weighted by molar-refractivity contribution is -0.0602. The van der Waals surface area contributed by atoms with Gasteiger partial charge in [-0.3, -0.25) is 0 Å². The third kappa shape index (κ3) is 1.62. The molecule has 2 heterocycles. The summed E-state index contributed by atoms with van der Waals surface area (Å²) in [6.45, 7) is 4.63. The fraction of sp³-hybridized carbons (Fsp3) is 0.565. The van der Waals surface area contributed by atoms with Gasteiger partial charge in [-0.2, -0.15) is 0 Å². The summed E-state index contributed by atoms with van der Waals surface area (Å²) in [5.41, 5.74) is 4.53. The van der Waals surface area contributed by atoms with E-state index in [9.17, 15) is 0 Å². The first-order valence-electron chi connectivity index (χ1n) is 10.1. The predicted molar refractivity (Wildman–Crippen MR) is 99.5 cm³/mol. The van der Waals surface area contributed by atoms with E-state index in [4.69, 9.17) is 4.42 Å². The quantitative estimate of drug-likeness (QED) is 0.654. The van der Waals surface area contributed by atoms with Crippen molar-refractivity contribution in [1.29, 1.82) is 0 Å². The van der Waals surface area contributed by atoms with Crippen molar-refractivity contribution in [2.45, 2.75) is 57.5 Å². The van der Waals surface area contributed by atoms with Crippen LogP contribution in [0.2, 0.25) is 0 Å². The van der Waals surface area contributed by atoms with Crippen molar-refractivity contribution >= 4 is 5.69 Å². The SMILES string of the molecule is Cc1ccccc1N1[C@@H](C)c2occc2C12C1CC3CC(C1)CC2C3. The molecule has 130 valence electrons. The molecule has 4 bridgehead atoms. The highest BCUT2D eigenvalue weighted by molar-refractivity contribution is 5.63. The summed E-state index contributed by atoms with van der Waals surface area (Å²) in [4.78, 5) is 2.80. The fourth-order valence-corrected chi connectivity index (χ4v) is 7.52. The Bertz CT molecular complexity index is 806. The molecular weight excluding hydrogens is 306 g/mol. The number of furan rings is 1. The second-order valence-electron chi connectivity index (χ2n) is 9.16. The van der Waals surface area contributed by atoms with Gasteiger partial charge in [-0.05, 0) is 87.3 Å². The van der Waals surface area contributed by atoms with Crippen molar-refractivity contribution in [2.75, 3.05) is 4.90 Å². The number of aryl methyl sites for hydroxylation is 1. The molecule has 2 heteroatoms. The molecular formula is C23H27NO. The average Bonchev–Trinajstić information content (AvgIpc) is 3.15. The molecule has 1 aromatic heterocycles. The summed E-state index contributed by atoms with van der Waals surface area (Å²) in [6.07, 6.45) is 9.14. The minimum absolute atomic E-state index is 0.182. The Balaban J connectivity index is 1.61. The van der Waals surface area contributed by atoms with Crippen LogP contribution in [0.15, 0.2) is 41.0 Å². The molecule has 0 radical (unpaired) electrons. The molecule has 7 rings (SSSR count). The first-order chi connectivity index (χ1) is 12.2. The van der Waals surface area contributed by atoms with Gasteiger partial charge in [-0.1, -0.05) is 18.2 Å². The number of fused-ring (bicyclic) bond motifs is 1. The number of nitrogens with zero attached hydrogens (tertiary/aromatic N) is 1. The van der Waals surface area contributed by atoms with Crippen molar-refractivity contribution in [1.82, 2.24) is 0 Å². The molecule has 4 saturated carbocycles. The van der Waals surface area contributed by atoms with E-state index >= 15 is 0 Å². The maximum absolute atomic E-state index is 6.07. The Hall–Kier alpha value is -1.70. The van der Waals surface area contributed by atoms with Crippen molar-refractivity contribution < 1.29 is 4.42 Å². The van der Waals surface area contributed by atoms with Crippen molar-refractivity contribution in [3.05, 3.63) is 53.5 Å². The van der Waals surface area contributed by atoms with E-state index in [-0.39, 0.29) is 5.54 Å². The second-order valence-corrected chi connectivity index (χ2v) is 9.16. The molecule has 2 aromatic rings. The topological polar surface area (TPSA) is 16.4 Å². The van der Waals surface area contributed by atoms with E-state index in [0.717, 1.165) is 23.7 Å². The van der Waals surface area contributed by atoms with Crippen LogP contribution >= 0.6 is 0 Å². The van der Waals surface area contributed by atoms with Crippen LogP contribution in [0.5, 0.6) is 0 Å². The smallest absolute Gasteiger partial charge is 0.131 e. The third-order valence-electron chi connectivity index (χ3n) is 8.05. The number of hydrogen-bond acceptors (Lipinski definition) is 2. The Labute approximate surface area is 150 Å². The van der Waals surface area contributed by atoms with Crippen LogP contribution in [0.25, 0.3) is 0 Å². The minimum Gasteiger partial charge on any atom is -0.467 e. The zero-order chi connectivity index (χ0) is 16.8. The van der Waals surface area contributed by atoms with E-state index in [2.05, 4.69) is 49.1 Å². The van der Waals surface area contributed by atoms with E-state index in [0.29, 0.717) is 6.04 Å². The number of rotatable bonds is 1. The van der Waals surface area contributed by atoms with Crippen LogP contribution in [-0.2, 0) is 5.54 Å². The number of benzene rings is 1. The summed E-state index contributed by atoms with van der Waals surface area (Å²) < 4.78 is 6.07. The zero-order valence-corrected chi connectivity index (χ0v) is 15.2. The van der Waals surface area contributed by atoms with Gasteiger partial charge < -0.3 is 9.32 Å². The molecule has 0 amide bonds. The molecule has 2 nitrogen and oxygen atoms in total. The molecule has 1 spiro atoms. The molecule has 1 atom stereocenters. The lowest BCUT2D eigenvalue weighted by Crippen LogP contribution is -2.62. The Kier molecular flexibility index (Phi) is 2.73. The van der Waals surface area contributed by atoms with Crippen molar-refractivity contribution in [3.63, 3.8) is 0 Å². The monoisotopic (exact) mass is 333 g/mol. The van der Waals surface area contributed by atoms with E-state index in [1.54, 1.807) is 0 Å². The highest BCUT2D eigenvalue weighted by atomic mass is 16.3. The van der Waals surface area contributed by atoms with Gasteiger partial charge in [0.05, 0.1) is 17.8 Å². The minimum atomic E-state index is 0.182. The summed E-state index contributed by atoms with van der Waals surface area (Å²) >= 11 is 0. The van der Waals surface area contributed by atoms with Gasteiger partial charge in [-0.15, -0.1) is 0 Å². The maximum atomic E-state index is 6.07. The van der Waals surface area contributed by atoms with E-state index < -0.39 is 0 Å². The number of para-hydroxylation sites is 1. The Morgan fingerprint density at radius 2 is 1.64 bits per heavy atom. The highest BCUT2D eigenvalue weighted by Gasteiger charge is 2.65. The molecule has 0 unspecified atom stereocenters. The van der Waals surface area contributed by atoms with Crippen LogP contribution < -0.4 is 4.90 Å². The van der Waals surface area contributed by atoms with Gasteiger partial charge in [0.15, 0.2) is 0 Å². The van der Waals surface area contributed by atoms with Crippen LogP contribution in [-0.4, -0.2) is 0 Å². The molecule has 4 aliphatic carbocycles. The van der Waals surface area contributed by atoms with Crippen LogP contribution in [0, 0.1) is 30.6 Å². The van der Waals surface area contributed by atoms with Gasteiger partial charge in [0, 0.05) is 11.3 Å². The standard InChI is InChI=1S/C23H27NO/c1-14-5-3-4-6-21(14)24-15(2)22-20(7-8-25-22)23(24)18-10-16-9-17(12-18)13-19(23)11-16/h3-8,15-19H,9-13H2,1-2H3/t15-,16?,17?,18?,19?,23?/m0/s1. The Morgan fingerprint density at radius 3 is 2.32 bits per heavy atom. The molecule has 0 saturated heterocycles. The van der Waals surface area contributed by atoms with Crippen molar-refractivity contribution in [3.8, 4) is 0 Å². The molecule has 1 aliphatic heterocycles. The van der Waals surface area contributed by atoms with Crippen LogP contribution in [0.1, 0.15) is 62.0 Å². The lowest BCUT2D eigenvalue weighted by Gasteiger charge is -2.63. The van der Waals surface area contributed by atoms with Crippen molar-refractivity contribution in [2.24, 2.45) is 23.7 Å². The van der Waals surface area contributed by atoms with Gasteiger partial charge >= 0.3 is 0 Å². The largest absolute Gasteiger partial charge is 0.467 e. The summed E-state index contributed by atoms with van der Waals surface area (Å²) in [5.74, 6) is 4.79. The zero-order valence-electron chi connectivity index (χ0n) is 15.2. The number of anilines is 1. The molecule has 25 heavy (non-hydrogen) atoms. The van der Waals surface area contributed by atoms with Gasteiger partial charge in [-0.25, -0.2) is 0 Å². The predicted octanol–water partition coefficient (Wildman–Crippen LogP) is 5.82. The van der Waals surface area contributed by atoms with Gasteiger partial charge in [0.1, 0.15) is 5.76 Å². The van der Waals surface area contributed by atoms with Crippen LogP contribution in [0.4, 0.5) is 5.69 Å². The van der Waals surface area contributed by atoms with Gasteiger partial charge in [0.2, 0.25) is 0 Å². The number of hydrogen-bond donors (Lipinski definition) is 0. The van der Waals surface area contributed by atoms with E-state index in [1.807, 2.05) is 6.26 Å². The summed E-state index contributed by atoms with van der Waals surface area (Å²) in [6, 6.07) is 11.6. The molecule has 1 aromatic carbocycles. The molecule has 5 aliphatic rings. The average molecular weight is 333 g/mol. The first-order valence-corrected chi connectivity index (χ1v) is 10.1. The first kappa shape index (κ1) is 14.5. The lowest BCUT2D eigenvalue weighted by atomic mass is 9.47. The van der Waals surface area contributed by atoms with E-state index in [1.165, 1.54) is 54.7 Å². The molecule has 4 fully saturated rings.